The van der Waals surface area contributed by atoms with Crippen LogP contribution in [0.25, 0.3) is 5.78 Å². The minimum Gasteiger partial charge on any atom is -0.352 e. The summed E-state index contributed by atoms with van der Waals surface area (Å²) in [6, 6.07) is 3.88. The van der Waals surface area contributed by atoms with Gasteiger partial charge in [-0.15, -0.1) is 0 Å². The van der Waals surface area contributed by atoms with Gasteiger partial charge < -0.3 is 15.5 Å². The van der Waals surface area contributed by atoms with Gasteiger partial charge in [0.15, 0.2) is 0 Å². The highest BCUT2D eigenvalue weighted by Gasteiger charge is 2.27. The van der Waals surface area contributed by atoms with Gasteiger partial charge in [0.05, 0.1) is 24.6 Å². The normalized spacial score (nSPS) is 20.0. The molecule has 0 unspecified atom stereocenters. The molecule has 2 atom stereocenters. The first-order valence-electron chi connectivity index (χ1n) is 10.1. The van der Waals surface area contributed by atoms with Crippen LogP contribution in [0.15, 0.2) is 41.5 Å². The molecule has 2 N–H and O–H groups in total. The van der Waals surface area contributed by atoms with Crippen molar-refractivity contribution in [3.63, 3.8) is 0 Å². The van der Waals surface area contributed by atoms with Crippen LogP contribution in [-0.2, 0) is 22.6 Å². The van der Waals surface area contributed by atoms with Gasteiger partial charge in [-0.3, -0.25) is 14.0 Å². The SMILES string of the molecule is CN1C[C@@H](NC(=O)Cc2ccsc2)CC[C@@H](C(=O)NCc2cn3cccnc3n2)C1. The number of nitrogens with one attached hydrogen (secondary N) is 2. The number of rotatable bonds is 6. The lowest BCUT2D eigenvalue weighted by Gasteiger charge is -2.21. The van der Waals surface area contributed by atoms with E-state index >= 15 is 0 Å². The van der Waals surface area contributed by atoms with Crippen LogP contribution in [0, 0.1) is 5.92 Å². The van der Waals surface area contributed by atoms with Gasteiger partial charge in [-0.25, -0.2) is 9.97 Å². The van der Waals surface area contributed by atoms with Crippen molar-refractivity contribution in [2.45, 2.75) is 31.8 Å². The predicted molar refractivity (Wildman–Crippen MR) is 115 cm³/mol. The topological polar surface area (TPSA) is 91.6 Å². The first-order valence-corrected chi connectivity index (χ1v) is 11.1. The number of aromatic nitrogens is 3. The van der Waals surface area contributed by atoms with E-state index in [4.69, 9.17) is 0 Å². The quantitative estimate of drug-likeness (QED) is 0.623. The molecular weight excluding hydrogens is 400 g/mol. The molecule has 158 valence electrons. The van der Waals surface area contributed by atoms with Crippen LogP contribution in [-0.4, -0.2) is 57.3 Å². The van der Waals surface area contributed by atoms with E-state index in [2.05, 4.69) is 25.5 Å². The van der Waals surface area contributed by atoms with E-state index in [1.54, 1.807) is 17.5 Å². The number of carbonyl (C=O) groups is 2. The Balaban J connectivity index is 1.28. The van der Waals surface area contributed by atoms with Crippen molar-refractivity contribution in [1.82, 2.24) is 29.9 Å². The zero-order valence-electron chi connectivity index (χ0n) is 17.0. The zero-order chi connectivity index (χ0) is 20.9. The third kappa shape index (κ3) is 5.22. The second-order valence-corrected chi connectivity index (χ2v) is 8.63. The Labute approximate surface area is 179 Å². The Kier molecular flexibility index (Phi) is 6.39. The molecule has 2 amide bonds. The molecule has 0 radical (unpaired) electrons. The Morgan fingerprint density at radius 1 is 1.30 bits per heavy atom. The van der Waals surface area contributed by atoms with Gasteiger partial charge in [0.2, 0.25) is 17.6 Å². The second-order valence-electron chi connectivity index (χ2n) is 7.85. The van der Waals surface area contributed by atoms with E-state index in [0.29, 0.717) is 25.3 Å². The molecule has 3 aromatic heterocycles. The maximum Gasteiger partial charge on any atom is 0.233 e. The lowest BCUT2D eigenvalue weighted by atomic mass is 10.0. The molecule has 0 bridgehead atoms. The van der Waals surface area contributed by atoms with Crippen LogP contribution in [0.1, 0.15) is 24.1 Å². The van der Waals surface area contributed by atoms with Crippen LogP contribution < -0.4 is 10.6 Å². The number of hydrogen-bond acceptors (Lipinski definition) is 6. The van der Waals surface area contributed by atoms with Crippen LogP contribution in [0.4, 0.5) is 0 Å². The number of imidazole rings is 1. The number of likely N-dealkylation sites (tertiary alicyclic amines) is 1. The zero-order valence-corrected chi connectivity index (χ0v) is 17.8. The van der Waals surface area contributed by atoms with Crippen molar-refractivity contribution in [1.29, 1.82) is 0 Å². The summed E-state index contributed by atoms with van der Waals surface area (Å²) in [6.45, 7) is 1.80. The largest absolute Gasteiger partial charge is 0.352 e. The van der Waals surface area contributed by atoms with Gasteiger partial charge in [0.25, 0.3) is 0 Å². The van der Waals surface area contributed by atoms with Crippen molar-refractivity contribution >= 4 is 28.9 Å². The summed E-state index contributed by atoms with van der Waals surface area (Å²) >= 11 is 1.60. The first-order chi connectivity index (χ1) is 14.6. The molecule has 9 heteroatoms. The lowest BCUT2D eigenvalue weighted by Crippen LogP contribution is -2.42. The third-order valence-electron chi connectivity index (χ3n) is 5.34. The Morgan fingerprint density at radius 2 is 2.20 bits per heavy atom. The number of nitrogens with zero attached hydrogens (tertiary/aromatic N) is 4. The summed E-state index contributed by atoms with van der Waals surface area (Å²) in [4.78, 5) is 35.8. The molecule has 0 aliphatic carbocycles. The molecule has 4 heterocycles. The van der Waals surface area contributed by atoms with Crippen LogP contribution in [0.5, 0.6) is 0 Å². The number of likely N-dealkylation sites (N-methyl/N-ethyl adjacent to an activating group) is 1. The van der Waals surface area contributed by atoms with Gasteiger partial charge >= 0.3 is 0 Å². The molecule has 1 saturated heterocycles. The summed E-state index contributed by atoms with van der Waals surface area (Å²) in [5.74, 6) is 0.577. The van der Waals surface area contributed by atoms with Crippen molar-refractivity contribution in [3.8, 4) is 0 Å². The number of fused-ring (bicyclic) bond motifs is 1. The molecule has 3 aromatic rings. The summed E-state index contributed by atoms with van der Waals surface area (Å²) in [6.07, 6.45) is 7.39. The van der Waals surface area contributed by atoms with Gasteiger partial charge in [-0.05, 0) is 48.3 Å². The second kappa shape index (κ2) is 9.36. The van der Waals surface area contributed by atoms with E-state index in [-0.39, 0.29) is 23.8 Å². The molecule has 0 spiro atoms. The third-order valence-corrected chi connectivity index (χ3v) is 6.07. The fourth-order valence-electron chi connectivity index (χ4n) is 3.89. The van der Waals surface area contributed by atoms with E-state index in [1.165, 1.54) is 0 Å². The Morgan fingerprint density at radius 3 is 3.00 bits per heavy atom. The molecule has 0 saturated carbocycles. The summed E-state index contributed by atoms with van der Waals surface area (Å²) in [5.41, 5.74) is 1.82. The van der Waals surface area contributed by atoms with Crippen LogP contribution in [0.2, 0.25) is 0 Å². The number of thiophene rings is 1. The minimum atomic E-state index is -0.107. The van der Waals surface area contributed by atoms with E-state index in [1.807, 2.05) is 46.7 Å². The smallest absolute Gasteiger partial charge is 0.233 e. The maximum absolute atomic E-state index is 12.8. The molecule has 1 fully saturated rings. The van der Waals surface area contributed by atoms with E-state index in [9.17, 15) is 9.59 Å². The Bertz CT molecular complexity index is 969. The average Bonchev–Trinajstić information content (AvgIpc) is 3.33. The molecule has 30 heavy (non-hydrogen) atoms. The van der Waals surface area contributed by atoms with Crippen molar-refractivity contribution < 1.29 is 9.59 Å². The fraction of sp³-hybridized carbons (Fsp3) is 0.429. The average molecular weight is 427 g/mol. The highest BCUT2D eigenvalue weighted by molar-refractivity contribution is 7.08. The molecule has 8 nitrogen and oxygen atoms in total. The molecule has 0 aromatic carbocycles. The maximum atomic E-state index is 12.8. The monoisotopic (exact) mass is 426 g/mol. The van der Waals surface area contributed by atoms with Gasteiger partial charge in [0, 0.05) is 37.7 Å². The van der Waals surface area contributed by atoms with Gasteiger partial charge in [0.1, 0.15) is 0 Å². The standard InChI is InChI=1S/C21H26N6O2S/c1-26-11-16(3-4-17(12-26)24-19(28)9-15-5-8-30-14-15)20(29)23-10-18-13-27-7-2-6-22-21(27)25-18/h2,5-8,13-14,16-17H,3-4,9-12H2,1H3,(H,23,29)(H,24,28)/t16-,17+/m1/s1. The number of carbonyl (C=O) groups excluding carboxylic acids is 2. The van der Waals surface area contributed by atoms with Crippen molar-refractivity contribution in [2.75, 3.05) is 20.1 Å². The highest BCUT2D eigenvalue weighted by Crippen LogP contribution is 2.17. The minimum absolute atomic E-state index is 0.0251. The van der Waals surface area contributed by atoms with Gasteiger partial charge in [-0.2, -0.15) is 11.3 Å². The highest BCUT2D eigenvalue weighted by atomic mass is 32.1. The molecular formula is C21H26N6O2S. The summed E-state index contributed by atoms with van der Waals surface area (Å²) < 4.78 is 1.84. The summed E-state index contributed by atoms with van der Waals surface area (Å²) in [7, 11) is 2.00. The molecule has 1 aliphatic heterocycles. The summed E-state index contributed by atoms with van der Waals surface area (Å²) in [5, 5.41) is 10.1. The fourth-order valence-corrected chi connectivity index (χ4v) is 4.56. The Hall–Kier alpha value is -2.78. The lowest BCUT2D eigenvalue weighted by molar-refractivity contribution is -0.125. The van der Waals surface area contributed by atoms with Crippen molar-refractivity contribution in [2.24, 2.45) is 5.92 Å². The molecule has 1 aliphatic rings. The van der Waals surface area contributed by atoms with Crippen molar-refractivity contribution in [3.05, 3.63) is 52.7 Å². The number of hydrogen-bond donors (Lipinski definition) is 2. The number of amides is 2. The van der Waals surface area contributed by atoms with E-state index < -0.39 is 0 Å². The predicted octanol–water partition coefficient (Wildman–Crippen LogP) is 1.48. The van der Waals surface area contributed by atoms with Gasteiger partial charge in [-0.1, -0.05) is 0 Å². The van der Waals surface area contributed by atoms with E-state index in [0.717, 1.165) is 30.6 Å². The first kappa shape index (κ1) is 20.5. The van der Waals surface area contributed by atoms with Crippen LogP contribution in [0.3, 0.4) is 0 Å². The molecule has 4 rings (SSSR count). The van der Waals surface area contributed by atoms with Crippen LogP contribution >= 0.6 is 11.3 Å².